The molecule has 2 rings (SSSR count). The molecule has 0 amide bonds. The molecule has 0 N–H and O–H groups in total. The molecule has 1 aromatic carbocycles. The summed E-state index contributed by atoms with van der Waals surface area (Å²) in [5.74, 6) is 0.451. The number of para-hydroxylation sites is 1. The lowest BCUT2D eigenvalue weighted by Crippen LogP contribution is -2.06. The number of nitrogens with zero attached hydrogens (tertiary/aromatic N) is 1. The first-order chi connectivity index (χ1) is 8.65. The second-order valence-electron chi connectivity index (χ2n) is 4.03. The van der Waals surface area contributed by atoms with Gasteiger partial charge in [-0.05, 0) is 24.6 Å². The molecule has 0 atom stereocenters. The van der Waals surface area contributed by atoms with Crippen LogP contribution < -0.4 is 4.74 Å². The topological polar surface area (TPSA) is 48.4 Å². The van der Waals surface area contributed by atoms with E-state index in [0.717, 1.165) is 22.2 Å². The van der Waals surface area contributed by atoms with E-state index in [1.165, 1.54) is 7.11 Å². The van der Waals surface area contributed by atoms with E-state index in [4.69, 9.17) is 9.47 Å². The zero-order valence-corrected chi connectivity index (χ0v) is 10.7. The molecule has 0 bridgehead atoms. The molecule has 0 fully saturated rings. The Kier molecular flexibility index (Phi) is 3.46. The number of methoxy groups -OCH3 is 2. The van der Waals surface area contributed by atoms with Crippen molar-refractivity contribution in [1.82, 2.24) is 4.98 Å². The standard InChI is InChI=1S/C14H15NO3/c1-9-7-10(8-13(16)18-3)11-5-4-6-12(17-2)14(11)15-9/h4-7H,8H2,1-3H3. The third kappa shape index (κ3) is 2.27. The Bertz CT molecular complexity index is 593. The molecule has 0 saturated carbocycles. The smallest absolute Gasteiger partial charge is 0.310 e. The first-order valence-electron chi connectivity index (χ1n) is 5.65. The van der Waals surface area contributed by atoms with Gasteiger partial charge in [-0.2, -0.15) is 0 Å². The van der Waals surface area contributed by atoms with Crippen LogP contribution in [0.4, 0.5) is 0 Å². The third-order valence-corrected chi connectivity index (χ3v) is 2.80. The van der Waals surface area contributed by atoms with Gasteiger partial charge in [0.25, 0.3) is 0 Å². The largest absolute Gasteiger partial charge is 0.494 e. The second-order valence-corrected chi connectivity index (χ2v) is 4.03. The van der Waals surface area contributed by atoms with Crippen LogP contribution in [0.15, 0.2) is 24.3 Å². The monoisotopic (exact) mass is 245 g/mol. The molecular weight excluding hydrogens is 230 g/mol. The Morgan fingerprint density at radius 2 is 2.11 bits per heavy atom. The minimum Gasteiger partial charge on any atom is -0.494 e. The lowest BCUT2D eigenvalue weighted by Gasteiger charge is -2.09. The molecule has 4 nitrogen and oxygen atoms in total. The van der Waals surface area contributed by atoms with Crippen molar-refractivity contribution in [3.8, 4) is 5.75 Å². The van der Waals surface area contributed by atoms with Crippen LogP contribution in [0.1, 0.15) is 11.3 Å². The predicted octanol–water partition coefficient (Wildman–Crippen LogP) is 2.27. The molecule has 1 aromatic heterocycles. The second kappa shape index (κ2) is 5.04. The Hall–Kier alpha value is -2.10. The van der Waals surface area contributed by atoms with Crippen LogP contribution >= 0.6 is 0 Å². The summed E-state index contributed by atoms with van der Waals surface area (Å²) in [7, 11) is 3.00. The van der Waals surface area contributed by atoms with Gasteiger partial charge in [0.2, 0.25) is 0 Å². The Morgan fingerprint density at radius 3 is 2.78 bits per heavy atom. The fourth-order valence-corrected chi connectivity index (χ4v) is 1.97. The van der Waals surface area contributed by atoms with Gasteiger partial charge in [0.1, 0.15) is 11.3 Å². The quantitative estimate of drug-likeness (QED) is 0.778. The van der Waals surface area contributed by atoms with Gasteiger partial charge in [0.15, 0.2) is 0 Å². The van der Waals surface area contributed by atoms with Crippen LogP contribution in [0.2, 0.25) is 0 Å². The minimum absolute atomic E-state index is 0.240. The van der Waals surface area contributed by atoms with E-state index < -0.39 is 0 Å². The number of carbonyl (C=O) groups excluding carboxylic acids is 1. The Balaban J connectivity index is 2.62. The van der Waals surface area contributed by atoms with Gasteiger partial charge in [-0.25, -0.2) is 4.98 Å². The van der Waals surface area contributed by atoms with E-state index in [2.05, 4.69) is 4.98 Å². The lowest BCUT2D eigenvalue weighted by molar-refractivity contribution is -0.139. The molecule has 18 heavy (non-hydrogen) atoms. The third-order valence-electron chi connectivity index (χ3n) is 2.80. The van der Waals surface area contributed by atoms with Crippen molar-refractivity contribution in [2.24, 2.45) is 0 Å². The van der Waals surface area contributed by atoms with Crippen molar-refractivity contribution in [1.29, 1.82) is 0 Å². The Morgan fingerprint density at radius 1 is 1.33 bits per heavy atom. The van der Waals surface area contributed by atoms with Crippen LogP contribution in [0.3, 0.4) is 0 Å². The summed E-state index contributed by atoms with van der Waals surface area (Å²) < 4.78 is 10.00. The fraction of sp³-hybridized carbons (Fsp3) is 0.286. The summed E-state index contributed by atoms with van der Waals surface area (Å²) >= 11 is 0. The molecule has 0 spiro atoms. The highest BCUT2D eigenvalue weighted by Crippen LogP contribution is 2.27. The highest BCUT2D eigenvalue weighted by atomic mass is 16.5. The van der Waals surface area contributed by atoms with Gasteiger partial charge in [-0.1, -0.05) is 12.1 Å². The van der Waals surface area contributed by atoms with E-state index in [0.29, 0.717) is 5.75 Å². The summed E-state index contributed by atoms with van der Waals surface area (Å²) in [5.41, 5.74) is 2.54. The van der Waals surface area contributed by atoms with E-state index >= 15 is 0 Å². The molecule has 2 aromatic rings. The van der Waals surface area contributed by atoms with E-state index in [9.17, 15) is 4.79 Å². The molecule has 0 unspecified atom stereocenters. The van der Waals surface area contributed by atoms with Gasteiger partial charge in [-0.15, -0.1) is 0 Å². The zero-order chi connectivity index (χ0) is 13.1. The number of carbonyl (C=O) groups is 1. The van der Waals surface area contributed by atoms with Gasteiger partial charge in [0.05, 0.1) is 20.6 Å². The van der Waals surface area contributed by atoms with Gasteiger partial charge < -0.3 is 9.47 Å². The molecule has 0 aliphatic heterocycles. The highest BCUT2D eigenvalue weighted by Gasteiger charge is 2.11. The number of esters is 1. The number of rotatable bonds is 3. The van der Waals surface area contributed by atoms with Gasteiger partial charge >= 0.3 is 5.97 Å². The molecule has 4 heteroatoms. The number of fused-ring (bicyclic) bond motifs is 1. The first-order valence-corrected chi connectivity index (χ1v) is 5.65. The van der Waals surface area contributed by atoms with E-state index in [1.807, 2.05) is 31.2 Å². The van der Waals surface area contributed by atoms with Gasteiger partial charge in [-0.3, -0.25) is 4.79 Å². The average molecular weight is 245 g/mol. The number of aryl methyl sites for hydroxylation is 1. The van der Waals surface area contributed by atoms with Crippen LogP contribution in [0.5, 0.6) is 5.75 Å². The lowest BCUT2D eigenvalue weighted by atomic mass is 10.0. The van der Waals surface area contributed by atoms with E-state index in [-0.39, 0.29) is 12.4 Å². The molecule has 0 radical (unpaired) electrons. The van der Waals surface area contributed by atoms with Crippen molar-refractivity contribution >= 4 is 16.9 Å². The maximum absolute atomic E-state index is 11.4. The normalized spacial score (nSPS) is 10.4. The molecule has 0 aliphatic rings. The molecule has 94 valence electrons. The number of hydrogen-bond acceptors (Lipinski definition) is 4. The number of ether oxygens (including phenoxy) is 2. The Labute approximate surface area is 106 Å². The maximum Gasteiger partial charge on any atom is 0.310 e. The van der Waals surface area contributed by atoms with E-state index in [1.54, 1.807) is 7.11 Å². The number of aromatic nitrogens is 1. The molecular formula is C14H15NO3. The van der Waals surface area contributed by atoms with Crippen LogP contribution in [0.25, 0.3) is 10.9 Å². The fourth-order valence-electron chi connectivity index (χ4n) is 1.97. The summed E-state index contributed by atoms with van der Waals surface area (Å²) in [6, 6.07) is 7.58. The summed E-state index contributed by atoms with van der Waals surface area (Å²) in [6.45, 7) is 1.90. The van der Waals surface area contributed by atoms with Crippen LogP contribution in [-0.4, -0.2) is 25.2 Å². The zero-order valence-electron chi connectivity index (χ0n) is 10.7. The summed E-state index contributed by atoms with van der Waals surface area (Å²) in [5, 5.41) is 0.922. The number of hydrogen-bond donors (Lipinski definition) is 0. The molecule has 0 saturated heterocycles. The van der Waals surface area contributed by atoms with Crippen molar-refractivity contribution in [3.63, 3.8) is 0 Å². The molecule has 1 heterocycles. The van der Waals surface area contributed by atoms with Gasteiger partial charge in [0, 0.05) is 11.1 Å². The predicted molar refractivity (Wildman–Crippen MR) is 68.8 cm³/mol. The number of pyridine rings is 1. The maximum atomic E-state index is 11.4. The summed E-state index contributed by atoms with van der Waals surface area (Å²) in [4.78, 5) is 15.9. The van der Waals surface area contributed by atoms with Crippen LogP contribution in [-0.2, 0) is 16.0 Å². The first kappa shape index (κ1) is 12.4. The highest BCUT2D eigenvalue weighted by molar-refractivity contribution is 5.90. The van der Waals surface area contributed by atoms with Crippen molar-refractivity contribution in [2.45, 2.75) is 13.3 Å². The van der Waals surface area contributed by atoms with Crippen molar-refractivity contribution < 1.29 is 14.3 Å². The SMILES string of the molecule is COC(=O)Cc1cc(C)nc2c(OC)cccc12. The number of benzene rings is 1. The minimum atomic E-state index is -0.260. The average Bonchev–Trinajstić information content (AvgIpc) is 2.37. The van der Waals surface area contributed by atoms with Crippen LogP contribution in [0, 0.1) is 6.92 Å². The summed E-state index contributed by atoms with van der Waals surface area (Å²) in [6.07, 6.45) is 0.240. The van der Waals surface area contributed by atoms with Crippen molar-refractivity contribution in [2.75, 3.05) is 14.2 Å². The molecule has 0 aliphatic carbocycles. The van der Waals surface area contributed by atoms with Crippen molar-refractivity contribution in [3.05, 3.63) is 35.5 Å².